The van der Waals surface area contributed by atoms with Crippen LogP contribution in [0.25, 0.3) is 22.1 Å². The van der Waals surface area contributed by atoms with Gasteiger partial charge in [0.05, 0.1) is 28.0 Å². The van der Waals surface area contributed by atoms with E-state index in [4.69, 9.17) is 21.1 Å². The molecule has 0 aliphatic carbocycles. The van der Waals surface area contributed by atoms with Crippen molar-refractivity contribution < 1.29 is 0 Å². The number of imidazole rings is 2. The monoisotopic (exact) mass is 332 g/mol. The van der Waals surface area contributed by atoms with E-state index in [1.54, 1.807) is 0 Å². The lowest BCUT2D eigenvalue weighted by Gasteiger charge is -2.11. The van der Waals surface area contributed by atoms with Gasteiger partial charge in [-0.2, -0.15) is 0 Å². The largest absolute Gasteiger partial charge is 0.384 e. The van der Waals surface area contributed by atoms with E-state index in [9.17, 15) is 0 Å². The highest BCUT2D eigenvalue weighted by molar-refractivity contribution is 5.98. The summed E-state index contributed by atoms with van der Waals surface area (Å²) in [6.07, 6.45) is 0. The number of hydrogen-bond donors (Lipinski definition) is 2. The van der Waals surface area contributed by atoms with Crippen LogP contribution in [0.4, 0.5) is 0 Å². The predicted molar refractivity (Wildman–Crippen MR) is 100.0 cm³/mol. The molecule has 4 aromatic rings. The minimum atomic E-state index is 0.0376. The van der Waals surface area contributed by atoms with Gasteiger partial charge in [0, 0.05) is 19.7 Å². The molecule has 126 valence electrons. The fraction of sp³-hybridized carbons (Fsp3) is 0.211. The quantitative estimate of drug-likeness (QED) is 0.447. The number of aromatic nitrogens is 4. The summed E-state index contributed by atoms with van der Waals surface area (Å²) in [6.45, 7) is 2.12. The maximum Gasteiger partial charge on any atom is 0.122 e. The van der Waals surface area contributed by atoms with Gasteiger partial charge < -0.3 is 14.9 Å². The normalized spacial score (nSPS) is 12.8. The molecule has 0 saturated carbocycles. The van der Waals surface area contributed by atoms with Crippen LogP contribution in [0.3, 0.4) is 0 Å². The molecule has 3 N–H and O–H groups in total. The summed E-state index contributed by atoms with van der Waals surface area (Å²) in [5.41, 5.74) is 10.3. The number of nitrogens with one attached hydrogen (secondary N) is 1. The van der Waals surface area contributed by atoms with Gasteiger partial charge in [-0.15, -0.1) is 0 Å². The topological polar surface area (TPSA) is 85.5 Å². The predicted octanol–water partition coefficient (Wildman–Crippen LogP) is 2.90. The summed E-state index contributed by atoms with van der Waals surface area (Å²) < 4.78 is 4.21. The van der Waals surface area contributed by atoms with Crippen LogP contribution in [0.2, 0.25) is 0 Å². The molecule has 4 rings (SSSR count). The van der Waals surface area contributed by atoms with Crippen molar-refractivity contribution in [3.63, 3.8) is 0 Å². The first-order chi connectivity index (χ1) is 12.0. The smallest absolute Gasteiger partial charge is 0.122 e. The van der Waals surface area contributed by atoms with E-state index in [1.807, 2.05) is 50.5 Å². The maximum atomic E-state index is 7.61. The number of rotatable bonds is 3. The second-order valence-electron chi connectivity index (χ2n) is 6.39. The number of nitrogens with zero attached hydrogens (tertiary/aromatic N) is 4. The van der Waals surface area contributed by atoms with Gasteiger partial charge in [0.2, 0.25) is 0 Å². The van der Waals surface area contributed by atoms with Crippen LogP contribution in [-0.2, 0) is 14.1 Å². The third kappa shape index (κ3) is 2.29. The van der Waals surface area contributed by atoms with E-state index in [0.717, 1.165) is 33.7 Å². The van der Waals surface area contributed by atoms with E-state index < -0.39 is 0 Å². The van der Waals surface area contributed by atoms with Gasteiger partial charge in [-0.25, -0.2) is 9.97 Å². The van der Waals surface area contributed by atoms with Crippen LogP contribution < -0.4 is 5.73 Å². The molecule has 1 atom stereocenters. The minimum Gasteiger partial charge on any atom is -0.384 e. The van der Waals surface area contributed by atoms with Gasteiger partial charge in [0.15, 0.2) is 0 Å². The van der Waals surface area contributed by atoms with Crippen LogP contribution in [0.15, 0.2) is 42.5 Å². The summed E-state index contributed by atoms with van der Waals surface area (Å²) in [7, 11) is 4.05. The summed E-state index contributed by atoms with van der Waals surface area (Å²) in [6, 6.07) is 13.8. The Hall–Kier alpha value is -3.15. The number of amidine groups is 1. The van der Waals surface area contributed by atoms with Crippen LogP contribution in [0, 0.1) is 5.41 Å². The fourth-order valence-electron chi connectivity index (χ4n) is 3.44. The highest BCUT2D eigenvalue weighted by Crippen LogP contribution is 2.28. The maximum absolute atomic E-state index is 7.61. The van der Waals surface area contributed by atoms with Gasteiger partial charge in [-0.1, -0.05) is 12.1 Å². The Morgan fingerprint density at radius 3 is 2.20 bits per heavy atom. The van der Waals surface area contributed by atoms with Gasteiger partial charge in [-0.05, 0) is 37.3 Å². The lowest BCUT2D eigenvalue weighted by Crippen LogP contribution is -2.10. The molecule has 6 nitrogen and oxygen atoms in total. The number of aryl methyl sites for hydroxylation is 2. The Labute approximate surface area is 145 Å². The zero-order valence-corrected chi connectivity index (χ0v) is 14.5. The van der Waals surface area contributed by atoms with Crippen molar-refractivity contribution in [3.8, 4) is 0 Å². The summed E-state index contributed by atoms with van der Waals surface area (Å²) in [5, 5.41) is 7.61. The van der Waals surface area contributed by atoms with E-state index in [1.165, 1.54) is 0 Å². The number of fused-ring (bicyclic) bond motifs is 2. The molecular weight excluding hydrogens is 312 g/mol. The van der Waals surface area contributed by atoms with E-state index in [-0.39, 0.29) is 11.8 Å². The molecule has 2 aromatic carbocycles. The Kier molecular flexibility index (Phi) is 3.35. The van der Waals surface area contributed by atoms with Crippen molar-refractivity contribution >= 4 is 27.9 Å². The molecule has 2 aromatic heterocycles. The highest BCUT2D eigenvalue weighted by atomic mass is 15.1. The van der Waals surface area contributed by atoms with Gasteiger partial charge in [0.1, 0.15) is 17.5 Å². The molecule has 0 radical (unpaired) electrons. The number of nitrogen functional groups attached to an aromatic ring is 1. The highest BCUT2D eigenvalue weighted by Gasteiger charge is 2.21. The van der Waals surface area contributed by atoms with Gasteiger partial charge >= 0.3 is 0 Å². The number of para-hydroxylation sites is 2. The van der Waals surface area contributed by atoms with Crippen LogP contribution in [0.5, 0.6) is 0 Å². The molecular formula is C19H20N6. The molecule has 0 aliphatic rings. The molecule has 0 spiro atoms. The van der Waals surface area contributed by atoms with Crippen molar-refractivity contribution in [1.29, 1.82) is 5.41 Å². The third-order valence-corrected chi connectivity index (χ3v) is 4.82. The van der Waals surface area contributed by atoms with Crippen LogP contribution in [0.1, 0.15) is 30.1 Å². The van der Waals surface area contributed by atoms with E-state index >= 15 is 0 Å². The lowest BCUT2D eigenvalue weighted by molar-refractivity contribution is 0.682. The minimum absolute atomic E-state index is 0.0376. The lowest BCUT2D eigenvalue weighted by atomic mass is 10.1. The van der Waals surface area contributed by atoms with E-state index in [2.05, 4.69) is 22.1 Å². The van der Waals surface area contributed by atoms with Crippen molar-refractivity contribution in [2.24, 2.45) is 19.8 Å². The molecule has 0 saturated heterocycles. The van der Waals surface area contributed by atoms with Crippen molar-refractivity contribution in [2.75, 3.05) is 0 Å². The van der Waals surface area contributed by atoms with E-state index in [0.29, 0.717) is 5.56 Å². The standard InChI is InChI=1S/C19H20N6/c1-11(18-22-13-6-4-5-7-15(13)24(18)2)19-23-14-10-12(17(20)21)8-9-16(14)25(19)3/h4-11H,1-3H3,(H3,20,21). The Morgan fingerprint density at radius 2 is 1.56 bits per heavy atom. The molecule has 25 heavy (non-hydrogen) atoms. The molecule has 2 heterocycles. The molecule has 0 bridgehead atoms. The van der Waals surface area contributed by atoms with Crippen molar-refractivity contribution in [3.05, 3.63) is 59.7 Å². The average Bonchev–Trinajstić information content (AvgIpc) is 3.12. The number of benzene rings is 2. The first-order valence-electron chi connectivity index (χ1n) is 8.19. The van der Waals surface area contributed by atoms with Gasteiger partial charge in [-0.3, -0.25) is 5.41 Å². The van der Waals surface area contributed by atoms with Crippen molar-refractivity contribution in [2.45, 2.75) is 12.8 Å². The first kappa shape index (κ1) is 15.4. The Balaban J connectivity index is 1.86. The summed E-state index contributed by atoms with van der Waals surface area (Å²) in [4.78, 5) is 9.60. The molecule has 0 amide bonds. The molecule has 0 fully saturated rings. The Morgan fingerprint density at radius 1 is 0.960 bits per heavy atom. The first-order valence-corrected chi connectivity index (χ1v) is 8.19. The number of nitrogens with two attached hydrogens (primary N) is 1. The zero-order chi connectivity index (χ0) is 17.7. The number of hydrogen-bond acceptors (Lipinski definition) is 3. The summed E-state index contributed by atoms with van der Waals surface area (Å²) >= 11 is 0. The molecule has 1 unspecified atom stereocenters. The molecule has 6 heteroatoms. The second-order valence-corrected chi connectivity index (χ2v) is 6.39. The zero-order valence-electron chi connectivity index (χ0n) is 14.5. The fourth-order valence-corrected chi connectivity index (χ4v) is 3.44. The van der Waals surface area contributed by atoms with Crippen LogP contribution in [-0.4, -0.2) is 24.9 Å². The second kappa shape index (κ2) is 5.44. The summed E-state index contributed by atoms with van der Waals surface area (Å²) in [5.74, 6) is 2.01. The van der Waals surface area contributed by atoms with Crippen LogP contribution >= 0.6 is 0 Å². The van der Waals surface area contributed by atoms with Crippen molar-refractivity contribution in [1.82, 2.24) is 19.1 Å². The molecule has 0 aliphatic heterocycles. The SMILES string of the molecule is CC(c1nc2ccccc2n1C)c1nc2cc(C(=N)N)ccc2n1C. The van der Waals surface area contributed by atoms with Gasteiger partial charge in [0.25, 0.3) is 0 Å². The third-order valence-electron chi connectivity index (χ3n) is 4.82. The average molecular weight is 332 g/mol. The Bertz CT molecular complexity index is 1120.